The van der Waals surface area contributed by atoms with Crippen LogP contribution in [-0.2, 0) is 4.43 Å². The van der Waals surface area contributed by atoms with Crippen molar-refractivity contribution in [3.05, 3.63) is 29.8 Å². The Morgan fingerprint density at radius 2 is 1.75 bits per heavy atom. The Hall–Kier alpha value is -0.933. The first-order valence-corrected chi connectivity index (χ1v) is 8.42. The molecule has 1 rings (SSSR count). The highest BCUT2D eigenvalue weighted by Gasteiger charge is 2.32. The van der Waals surface area contributed by atoms with E-state index >= 15 is 0 Å². The lowest BCUT2D eigenvalue weighted by molar-refractivity contribution is 0.111. The van der Waals surface area contributed by atoms with E-state index in [4.69, 9.17) is 4.43 Å². The summed E-state index contributed by atoms with van der Waals surface area (Å²) in [5.74, 6) is 0. The Labute approximate surface area is 98.8 Å². The van der Waals surface area contributed by atoms with Gasteiger partial charge in [-0.2, -0.15) is 0 Å². The first kappa shape index (κ1) is 13.1. The lowest BCUT2D eigenvalue weighted by Gasteiger charge is -2.33. The summed E-state index contributed by atoms with van der Waals surface area (Å²) in [6.45, 7) is 10.4. The van der Waals surface area contributed by atoms with E-state index in [0.29, 0.717) is 0 Å². The van der Waals surface area contributed by atoms with Gasteiger partial charge in [0.2, 0.25) is 8.32 Å². The van der Waals surface area contributed by atoms with Crippen LogP contribution in [-0.4, -0.2) is 20.2 Å². The molecule has 0 aliphatic rings. The molecule has 3 heteroatoms. The van der Waals surface area contributed by atoms with Crippen molar-refractivity contribution >= 4 is 19.8 Å². The van der Waals surface area contributed by atoms with E-state index < -0.39 is 8.32 Å². The molecule has 0 N–H and O–H groups in total. The van der Waals surface area contributed by atoms with Gasteiger partial charge < -0.3 is 4.43 Å². The lowest BCUT2D eigenvalue weighted by Crippen LogP contribution is -2.50. The smallest absolute Gasteiger partial charge is 0.219 e. The van der Waals surface area contributed by atoms with Gasteiger partial charge in [-0.15, -0.1) is 0 Å². The number of rotatable bonds is 3. The molecule has 16 heavy (non-hydrogen) atoms. The van der Waals surface area contributed by atoms with Crippen molar-refractivity contribution in [3.8, 4) is 0 Å². The predicted molar refractivity (Wildman–Crippen MR) is 69.8 cm³/mol. The quantitative estimate of drug-likeness (QED) is 0.596. The van der Waals surface area contributed by atoms with E-state index in [1.807, 2.05) is 45.0 Å². The summed E-state index contributed by atoms with van der Waals surface area (Å²) in [5, 5.41) is 1.07. The second-order valence-electron chi connectivity index (χ2n) is 5.43. The number of carbonyl (C=O) groups excluding carboxylic acids is 1. The Morgan fingerprint density at radius 3 is 2.25 bits per heavy atom. The van der Waals surface area contributed by atoms with Gasteiger partial charge in [-0.25, -0.2) is 0 Å². The number of hydrogen-bond acceptors (Lipinski definition) is 2. The van der Waals surface area contributed by atoms with Crippen LogP contribution in [0.15, 0.2) is 24.3 Å². The number of benzene rings is 1. The third kappa shape index (κ3) is 3.28. The monoisotopic (exact) mass is 236 g/mol. The first-order chi connectivity index (χ1) is 7.26. The molecule has 0 aliphatic heterocycles. The zero-order valence-electron chi connectivity index (χ0n) is 10.7. The Kier molecular flexibility index (Phi) is 3.71. The van der Waals surface area contributed by atoms with Gasteiger partial charge in [0.15, 0.2) is 0 Å². The van der Waals surface area contributed by atoms with Crippen LogP contribution >= 0.6 is 0 Å². The maximum atomic E-state index is 11.0. The molecular weight excluding hydrogens is 216 g/mol. The minimum atomic E-state index is -2.01. The standard InChI is InChI=1S/C13H20O2Si/c1-13(2,3)15-16(4,5)12-9-7-6-8-11(12)10-14/h6-10H,1-5H3. The van der Waals surface area contributed by atoms with Crippen molar-refractivity contribution in [2.24, 2.45) is 0 Å². The zero-order valence-corrected chi connectivity index (χ0v) is 11.7. The molecule has 0 atom stereocenters. The molecule has 88 valence electrons. The van der Waals surface area contributed by atoms with Crippen molar-refractivity contribution in [1.29, 1.82) is 0 Å². The van der Waals surface area contributed by atoms with Crippen molar-refractivity contribution in [1.82, 2.24) is 0 Å². The van der Waals surface area contributed by atoms with Crippen molar-refractivity contribution in [3.63, 3.8) is 0 Å². The van der Waals surface area contributed by atoms with Crippen LogP contribution in [0.3, 0.4) is 0 Å². The van der Waals surface area contributed by atoms with Crippen LogP contribution in [0.1, 0.15) is 31.1 Å². The van der Waals surface area contributed by atoms with Gasteiger partial charge in [0, 0.05) is 11.2 Å². The number of aldehydes is 1. The lowest BCUT2D eigenvalue weighted by atomic mass is 10.2. The zero-order chi connectivity index (χ0) is 12.4. The van der Waals surface area contributed by atoms with E-state index in [9.17, 15) is 4.79 Å². The maximum absolute atomic E-state index is 11.0. The highest BCUT2D eigenvalue weighted by Crippen LogP contribution is 2.17. The fraction of sp³-hybridized carbons (Fsp3) is 0.462. The summed E-state index contributed by atoms with van der Waals surface area (Å²) >= 11 is 0. The summed E-state index contributed by atoms with van der Waals surface area (Å²) in [6.07, 6.45) is 0.913. The molecule has 0 amide bonds. The second-order valence-corrected chi connectivity index (χ2v) is 9.19. The van der Waals surface area contributed by atoms with E-state index in [1.54, 1.807) is 0 Å². The molecule has 0 bridgehead atoms. The largest absolute Gasteiger partial charge is 0.408 e. The van der Waals surface area contributed by atoms with Crippen LogP contribution < -0.4 is 5.19 Å². The van der Waals surface area contributed by atoms with Crippen LogP contribution in [0.5, 0.6) is 0 Å². The fourth-order valence-corrected chi connectivity index (χ4v) is 4.94. The van der Waals surface area contributed by atoms with Crippen molar-refractivity contribution in [2.75, 3.05) is 0 Å². The number of hydrogen-bond donors (Lipinski definition) is 0. The molecule has 0 heterocycles. The molecule has 0 radical (unpaired) electrons. The molecule has 0 aliphatic carbocycles. The molecule has 1 aromatic carbocycles. The topological polar surface area (TPSA) is 26.3 Å². The second kappa shape index (κ2) is 4.51. The minimum Gasteiger partial charge on any atom is -0.408 e. The van der Waals surface area contributed by atoms with Gasteiger partial charge in [-0.1, -0.05) is 24.3 Å². The maximum Gasteiger partial charge on any atom is 0.219 e. The molecule has 0 aromatic heterocycles. The molecule has 0 unspecified atom stereocenters. The van der Waals surface area contributed by atoms with Crippen molar-refractivity contribution in [2.45, 2.75) is 39.5 Å². The average Bonchev–Trinajstić information content (AvgIpc) is 2.14. The van der Waals surface area contributed by atoms with Gasteiger partial charge in [-0.3, -0.25) is 4.79 Å². The van der Waals surface area contributed by atoms with E-state index in [2.05, 4.69) is 13.1 Å². The van der Waals surface area contributed by atoms with E-state index in [-0.39, 0.29) is 5.60 Å². The van der Waals surface area contributed by atoms with Crippen LogP contribution in [0.25, 0.3) is 0 Å². The highest BCUT2D eigenvalue weighted by molar-refractivity contribution is 6.85. The Balaban J connectivity index is 3.11. The van der Waals surface area contributed by atoms with Gasteiger partial charge in [-0.05, 0) is 39.1 Å². The number of carbonyl (C=O) groups is 1. The third-order valence-corrected chi connectivity index (χ3v) is 5.17. The molecule has 0 spiro atoms. The van der Waals surface area contributed by atoms with Gasteiger partial charge in [0.1, 0.15) is 6.29 Å². The third-order valence-electron chi connectivity index (χ3n) is 2.30. The first-order valence-electron chi connectivity index (χ1n) is 5.51. The summed E-state index contributed by atoms with van der Waals surface area (Å²) in [6, 6.07) is 7.70. The summed E-state index contributed by atoms with van der Waals surface area (Å²) in [5.41, 5.74) is 0.578. The van der Waals surface area contributed by atoms with Crippen LogP contribution in [0, 0.1) is 0 Å². The molecule has 0 fully saturated rings. The summed E-state index contributed by atoms with van der Waals surface area (Å²) in [4.78, 5) is 11.0. The summed E-state index contributed by atoms with van der Waals surface area (Å²) in [7, 11) is -2.01. The molecule has 1 aromatic rings. The van der Waals surface area contributed by atoms with Gasteiger partial charge in [0.05, 0.1) is 0 Å². The van der Waals surface area contributed by atoms with Crippen molar-refractivity contribution < 1.29 is 9.22 Å². The molecule has 0 saturated heterocycles. The van der Waals surface area contributed by atoms with Gasteiger partial charge in [0.25, 0.3) is 0 Å². The molecule has 2 nitrogen and oxygen atoms in total. The Morgan fingerprint density at radius 1 is 1.19 bits per heavy atom. The molecule has 0 saturated carbocycles. The van der Waals surface area contributed by atoms with Crippen LogP contribution in [0.4, 0.5) is 0 Å². The Bertz CT molecular complexity index is 378. The highest BCUT2D eigenvalue weighted by atomic mass is 28.4. The minimum absolute atomic E-state index is 0.175. The molecular formula is C13H20O2Si. The SMILES string of the molecule is CC(C)(C)O[Si](C)(C)c1ccccc1C=O. The predicted octanol–water partition coefficient (Wildman–Crippen LogP) is 2.73. The fourth-order valence-electron chi connectivity index (χ4n) is 1.97. The van der Waals surface area contributed by atoms with E-state index in [1.165, 1.54) is 0 Å². The average molecular weight is 236 g/mol. The van der Waals surface area contributed by atoms with E-state index in [0.717, 1.165) is 17.0 Å². The summed E-state index contributed by atoms with van der Waals surface area (Å²) < 4.78 is 6.13. The van der Waals surface area contributed by atoms with Gasteiger partial charge >= 0.3 is 0 Å². The normalized spacial score (nSPS) is 12.6. The van der Waals surface area contributed by atoms with Crippen LogP contribution in [0.2, 0.25) is 13.1 Å².